The molecule has 6 heteroatoms. The third-order valence-electron chi connectivity index (χ3n) is 2.32. The third-order valence-corrected chi connectivity index (χ3v) is 3.24. The van der Waals surface area contributed by atoms with Gasteiger partial charge in [-0.25, -0.2) is 0 Å². The molecule has 0 N–H and O–H groups in total. The van der Waals surface area contributed by atoms with Gasteiger partial charge in [-0.1, -0.05) is 33.6 Å². The molecule has 19 heavy (non-hydrogen) atoms. The highest BCUT2D eigenvalue weighted by Crippen LogP contribution is 2.29. The molecule has 0 radical (unpaired) electrons. The number of halogens is 2. The predicted octanol–water partition coefficient (Wildman–Crippen LogP) is 3.31. The summed E-state index contributed by atoms with van der Waals surface area (Å²) in [6, 6.07) is 4.82. The average molecular weight is 350 g/mol. The molecular weight excluding hydrogens is 335 g/mol. The molecule has 0 bridgehead atoms. The predicted molar refractivity (Wildman–Crippen MR) is 75.2 cm³/mol. The second kappa shape index (κ2) is 7.50. The first-order valence-electron chi connectivity index (χ1n) is 5.79. The summed E-state index contributed by atoms with van der Waals surface area (Å²) in [5.41, 5.74) is 0.473. The van der Waals surface area contributed by atoms with Gasteiger partial charge in [-0.3, -0.25) is 9.59 Å². The Hall–Kier alpha value is -1.07. The molecule has 0 aliphatic heterocycles. The standard InChI is InChI=1S/C13H14BrClO4/c1-3-18-12(16)11(13(17)19-4-2)9-6-5-8(15)7-10(9)14/h5-7,11H,3-4H2,1-2H3. The SMILES string of the molecule is CCOC(=O)C(C(=O)OCC)c1ccc(Cl)cc1Br. The normalized spacial score (nSPS) is 10.4. The molecule has 1 aromatic rings. The van der Waals surface area contributed by atoms with E-state index in [1.54, 1.807) is 32.0 Å². The minimum Gasteiger partial charge on any atom is -0.465 e. The smallest absolute Gasteiger partial charge is 0.324 e. The van der Waals surface area contributed by atoms with Crippen LogP contribution in [-0.2, 0) is 19.1 Å². The van der Waals surface area contributed by atoms with Gasteiger partial charge < -0.3 is 9.47 Å². The molecule has 0 aromatic heterocycles. The van der Waals surface area contributed by atoms with Crippen molar-refractivity contribution >= 4 is 39.5 Å². The molecule has 0 unspecified atom stereocenters. The van der Waals surface area contributed by atoms with Crippen LogP contribution in [0.1, 0.15) is 25.3 Å². The molecule has 0 aliphatic rings. The fourth-order valence-corrected chi connectivity index (χ4v) is 2.45. The van der Waals surface area contributed by atoms with E-state index in [1.165, 1.54) is 0 Å². The van der Waals surface area contributed by atoms with Crippen molar-refractivity contribution in [1.82, 2.24) is 0 Å². The minimum absolute atomic E-state index is 0.194. The van der Waals surface area contributed by atoms with Gasteiger partial charge in [0.05, 0.1) is 13.2 Å². The molecule has 0 saturated carbocycles. The van der Waals surface area contributed by atoms with Crippen molar-refractivity contribution in [2.75, 3.05) is 13.2 Å². The quantitative estimate of drug-likeness (QED) is 0.604. The first-order chi connectivity index (χ1) is 9.01. The highest BCUT2D eigenvalue weighted by molar-refractivity contribution is 9.10. The number of hydrogen-bond acceptors (Lipinski definition) is 4. The zero-order valence-corrected chi connectivity index (χ0v) is 13.0. The van der Waals surface area contributed by atoms with E-state index in [-0.39, 0.29) is 13.2 Å². The Morgan fingerprint density at radius 3 is 2.16 bits per heavy atom. The van der Waals surface area contributed by atoms with Crippen molar-refractivity contribution in [3.63, 3.8) is 0 Å². The first kappa shape index (κ1) is 16.0. The maximum atomic E-state index is 11.9. The Morgan fingerprint density at radius 1 is 1.21 bits per heavy atom. The summed E-state index contributed by atoms with van der Waals surface area (Å²) in [6.45, 7) is 3.74. The molecular formula is C13H14BrClO4. The van der Waals surface area contributed by atoms with Crippen LogP contribution in [0.25, 0.3) is 0 Å². The molecule has 1 aromatic carbocycles. The fraction of sp³-hybridized carbons (Fsp3) is 0.385. The summed E-state index contributed by atoms with van der Waals surface area (Å²) in [5, 5.41) is 0.502. The van der Waals surface area contributed by atoms with Crippen molar-refractivity contribution in [2.24, 2.45) is 0 Å². The van der Waals surface area contributed by atoms with E-state index in [4.69, 9.17) is 21.1 Å². The molecule has 4 nitrogen and oxygen atoms in total. The van der Waals surface area contributed by atoms with Crippen LogP contribution in [0.5, 0.6) is 0 Å². The number of ether oxygens (including phenoxy) is 2. The Balaban J connectivity index is 3.14. The number of carbonyl (C=O) groups is 2. The molecule has 0 heterocycles. The molecule has 1 rings (SSSR count). The monoisotopic (exact) mass is 348 g/mol. The van der Waals surface area contributed by atoms with E-state index in [2.05, 4.69) is 15.9 Å². The lowest BCUT2D eigenvalue weighted by Crippen LogP contribution is -2.26. The van der Waals surface area contributed by atoms with E-state index in [1.807, 2.05) is 0 Å². The lowest BCUT2D eigenvalue weighted by molar-refractivity contribution is -0.156. The van der Waals surface area contributed by atoms with Gasteiger partial charge in [-0.2, -0.15) is 0 Å². The van der Waals surface area contributed by atoms with Crippen LogP contribution in [0.15, 0.2) is 22.7 Å². The van der Waals surface area contributed by atoms with E-state index in [0.717, 1.165) is 0 Å². The van der Waals surface area contributed by atoms with Crippen LogP contribution in [0.4, 0.5) is 0 Å². The van der Waals surface area contributed by atoms with Gasteiger partial charge in [-0.05, 0) is 31.5 Å². The third kappa shape index (κ3) is 4.21. The number of carbonyl (C=O) groups excluding carboxylic acids is 2. The zero-order valence-electron chi connectivity index (χ0n) is 10.6. The van der Waals surface area contributed by atoms with Crippen molar-refractivity contribution in [3.05, 3.63) is 33.3 Å². The Bertz CT molecular complexity index is 458. The fourth-order valence-electron chi connectivity index (χ4n) is 1.54. The Morgan fingerprint density at radius 2 is 1.74 bits per heavy atom. The van der Waals surface area contributed by atoms with Crippen LogP contribution in [0, 0.1) is 0 Å². The number of esters is 2. The molecule has 0 aliphatic carbocycles. The van der Waals surface area contributed by atoms with Crippen molar-refractivity contribution < 1.29 is 19.1 Å². The molecule has 0 amide bonds. The number of benzene rings is 1. The van der Waals surface area contributed by atoms with E-state index < -0.39 is 17.9 Å². The van der Waals surface area contributed by atoms with Gasteiger partial charge >= 0.3 is 11.9 Å². The highest BCUT2D eigenvalue weighted by Gasteiger charge is 2.32. The van der Waals surface area contributed by atoms with Gasteiger partial charge in [0, 0.05) is 9.50 Å². The van der Waals surface area contributed by atoms with Gasteiger partial charge in [0.25, 0.3) is 0 Å². The molecule has 0 fully saturated rings. The second-order valence-electron chi connectivity index (χ2n) is 3.60. The lowest BCUT2D eigenvalue weighted by atomic mass is 9.99. The van der Waals surface area contributed by atoms with Crippen LogP contribution in [0.3, 0.4) is 0 Å². The number of hydrogen-bond donors (Lipinski definition) is 0. The van der Waals surface area contributed by atoms with Gasteiger partial charge in [0.1, 0.15) is 0 Å². The minimum atomic E-state index is -1.11. The topological polar surface area (TPSA) is 52.6 Å². The Kier molecular flexibility index (Phi) is 6.31. The number of rotatable bonds is 5. The van der Waals surface area contributed by atoms with E-state index in [9.17, 15) is 9.59 Å². The summed E-state index contributed by atoms with van der Waals surface area (Å²) < 4.78 is 10.4. The summed E-state index contributed by atoms with van der Waals surface area (Å²) >= 11 is 9.13. The summed E-state index contributed by atoms with van der Waals surface area (Å²) in [4.78, 5) is 23.8. The van der Waals surface area contributed by atoms with Crippen molar-refractivity contribution in [1.29, 1.82) is 0 Å². The molecule has 104 valence electrons. The van der Waals surface area contributed by atoms with E-state index in [0.29, 0.717) is 15.1 Å². The highest BCUT2D eigenvalue weighted by atomic mass is 79.9. The zero-order chi connectivity index (χ0) is 14.4. The van der Waals surface area contributed by atoms with Gasteiger partial charge in [-0.15, -0.1) is 0 Å². The average Bonchev–Trinajstić information content (AvgIpc) is 2.33. The van der Waals surface area contributed by atoms with Crippen molar-refractivity contribution in [3.8, 4) is 0 Å². The van der Waals surface area contributed by atoms with Gasteiger partial charge in [0.2, 0.25) is 0 Å². The summed E-state index contributed by atoms with van der Waals surface area (Å²) in [5.74, 6) is -2.38. The van der Waals surface area contributed by atoms with Crippen LogP contribution in [-0.4, -0.2) is 25.2 Å². The molecule has 0 saturated heterocycles. The Labute approximate surface area is 125 Å². The molecule has 0 spiro atoms. The summed E-state index contributed by atoms with van der Waals surface area (Å²) in [6.07, 6.45) is 0. The van der Waals surface area contributed by atoms with Crippen molar-refractivity contribution in [2.45, 2.75) is 19.8 Å². The van der Waals surface area contributed by atoms with Crippen LogP contribution in [0.2, 0.25) is 5.02 Å². The molecule has 0 atom stereocenters. The summed E-state index contributed by atoms with van der Waals surface area (Å²) in [7, 11) is 0. The first-order valence-corrected chi connectivity index (χ1v) is 6.96. The second-order valence-corrected chi connectivity index (χ2v) is 4.89. The van der Waals surface area contributed by atoms with E-state index >= 15 is 0 Å². The maximum absolute atomic E-state index is 11.9. The lowest BCUT2D eigenvalue weighted by Gasteiger charge is -2.16. The van der Waals surface area contributed by atoms with Crippen LogP contribution < -0.4 is 0 Å². The largest absolute Gasteiger partial charge is 0.465 e. The van der Waals surface area contributed by atoms with Crippen LogP contribution >= 0.6 is 27.5 Å². The van der Waals surface area contributed by atoms with Gasteiger partial charge in [0.15, 0.2) is 5.92 Å². The maximum Gasteiger partial charge on any atom is 0.324 e.